The molecule has 1 aliphatic carbocycles. The average Bonchev–Trinajstić information content (AvgIpc) is 2.64. The minimum absolute atomic E-state index is 0.169. The van der Waals surface area contributed by atoms with Gasteiger partial charge in [0.25, 0.3) is 0 Å². The van der Waals surface area contributed by atoms with Gasteiger partial charge in [-0.3, -0.25) is 4.79 Å². The van der Waals surface area contributed by atoms with Crippen LogP contribution >= 0.6 is 42.4 Å². The minimum Gasteiger partial charge on any atom is -0.416 e. The maximum Gasteiger partial charge on any atom is 0.427 e. The molecule has 0 aromatic heterocycles. The van der Waals surface area contributed by atoms with Crippen LogP contribution in [0.4, 0.5) is 0 Å². The van der Waals surface area contributed by atoms with Gasteiger partial charge in [-0.2, -0.15) is 0 Å². The molecule has 0 saturated heterocycles. The molecule has 1 N–H and O–H groups in total. The number of rotatable bonds is 4. The molecule has 2 aliphatic rings. The highest BCUT2D eigenvalue weighted by Crippen LogP contribution is 2.45. The van der Waals surface area contributed by atoms with E-state index in [0.29, 0.717) is 21.3 Å². The molecule has 1 unspecified atom stereocenters. The third-order valence-corrected chi connectivity index (χ3v) is 5.98. The maximum atomic E-state index is 12.9. The monoisotopic (exact) mass is 467 g/mol. The SMILES string of the molecule is CP(=O)(Oc1cccc(Cl)c1)Oc1cc(Cl)c2[nH]c3cc(Cl)ccc3cc-2c1=O. The first-order chi connectivity index (χ1) is 13.7. The Labute approximate surface area is 181 Å². The summed E-state index contributed by atoms with van der Waals surface area (Å²) in [6, 6.07) is 14.6. The van der Waals surface area contributed by atoms with Gasteiger partial charge in [0.05, 0.1) is 22.9 Å². The molecule has 0 saturated carbocycles. The third kappa shape index (κ3) is 4.24. The Morgan fingerprint density at radius 3 is 2.45 bits per heavy atom. The number of fused-ring (bicyclic) bond motifs is 2. The van der Waals surface area contributed by atoms with Gasteiger partial charge in [0.1, 0.15) is 5.75 Å². The zero-order valence-corrected chi connectivity index (χ0v) is 18.1. The molecule has 0 bridgehead atoms. The topological polar surface area (TPSA) is 68.4 Å². The molecule has 2 aromatic carbocycles. The number of nitrogens with one attached hydrogen (secondary N) is 1. The average molecular weight is 469 g/mol. The first kappa shape index (κ1) is 20.1. The molecule has 5 nitrogen and oxygen atoms in total. The van der Waals surface area contributed by atoms with Crippen molar-refractivity contribution in [3.63, 3.8) is 0 Å². The predicted octanol–water partition coefficient (Wildman–Crippen LogP) is 6.87. The summed E-state index contributed by atoms with van der Waals surface area (Å²) in [6.45, 7) is 1.26. The second-order valence-corrected chi connectivity index (χ2v) is 9.57. The smallest absolute Gasteiger partial charge is 0.416 e. The molecule has 29 heavy (non-hydrogen) atoms. The fourth-order valence-corrected chi connectivity index (χ4v) is 4.55. The van der Waals surface area contributed by atoms with Crippen molar-refractivity contribution < 1.29 is 13.6 Å². The van der Waals surface area contributed by atoms with Crippen molar-refractivity contribution in [1.82, 2.24) is 4.98 Å². The molecule has 1 aliphatic heterocycles. The summed E-state index contributed by atoms with van der Waals surface area (Å²) in [6.07, 6.45) is 0. The number of H-pyrrole nitrogens is 1. The normalized spacial score (nSPS) is 13.4. The zero-order valence-electron chi connectivity index (χ0n) is 14.9. The maximum absolute atomic E-state index is 12.9. The van der Waals surface area contributed by atoms with E-state index in [9.17, 15) is 9.36 Å². The third-order valence-electron chi connectivity index (χ3n) is 4.14. The summed E-state index contributed by atoms with van der Waals surface area (Å²) in [5.74, 6) is 0.0935. The molecule has 0 amide bonds. The minimum atomic E-state index is -3.68. The number of halogens is 3. The lowest BCUT2D eigenvalue weighted by Crippen LogP contribution is -2.12. The molecular formula is C20H13Cl3NO4P. The van der Waals surface area contributed by atoms with E-state index >= 15 is 0 Å². The van der Waals surface area contributed by atoms with Crippen LogP contribution in [-0.4, -0.2) is 11.6 Å². The lowest BCUT2D eigenvalue weighted by molar-refractivity contribution is 0.392. The van der Waals surface area contributed by atoms with E-state index < -0.39 is 13.0 Å². The Morgan fingerprint density at radius 1 is 0.931 bits per heavy atom. The Hall–Kier alpha value is -2.17. The van der Waals surface area contributed by atoms with Crippen molar-refractivity contribution in [3.8, 4) is 22.8 Å². The molecular weight excluding hydrogens is 456 g/mol. The van der Waals surface area contributed by atoms with Gasteiger partial charge in [-0.05, 0) is 41.8 Å². The van der Waals surface area contributed by atoms with Gasteiger partial charge < -0.3 is 14.0 Å². The zero-order chi connectivity index (χ0) is 20.8. The number of aromatic nitrogens is 1. The van der Waals surface area contributed by atoms with Crippen LogP contribution in [0.2, 0.25) is 15.1 Å². The van der Waals surface area contributed by atoms with Crippen molar-refractivity contribution in [2.75, 3.05) is 6.66 Å². The van der Waals surface area contributed by atoms with Crippen molar-refractivity contribution in [2.24, 2.45) is 0 Å². The number of hydrogen-bond donors (Lipinski definition) is 1. The van der Waals surface area contributed by atoms with Gasteiger partial charge in [0.2, 0.25) is 5.43 Å². The highest BCUT2D eigenvalue weighted by Gasteiger charge is 2.25. The van der Waals surface area contributed by atoms with Gasteiger partial charge in [-0.15, -0.1) is 0 Å². The van der Waals surface area contributed by atoms with Gasteiger partial charge in [0, 0.05) is 21.6 Å². The van der Waals surface area contributed by atoms with Crippen molar-refractivity contribution >= 4 is 53.3 Å². The second kappa shape index (κ2) is 7.58. The van der Waals surface area contributed by atoms with Crippen LogP contribution in [0, 0.1) is 0 Å². The van der Waals surface area contributed by atoms with Crippen LogP contribution in [-0.2, 0) is 4.57 Å². The highest BCUT2D eigenvalue weighted by molar-refractivity contribution is 7.53. The van der Waals surface area contributed by atoms with Gasteiger partial charge in [0.15, 0.2) is 5.75 Å². The number of benzene rings is 3. The van der Waals surface area contributed by atoms with Crippen LogP contribution in [0.25, 0.3) is 22.2 Å². The molecule has 0 radical (unpaired) electrons. The fraction of sp³-hybridized carbons (Fsp3) is 0.0500. The van der Waals surface area contributed by atoms with E-state index in [1.165, 1.54) is 18.8 Å². The first-order valence-electron chi connectivity index (χ1n) is 8.39. The summed E-state index contributed by atoms with van der Waals surface area (Å²) < 4.78 is 23.7. The molecule has 2 aromatic rings. The van der Waals surface area contributed by atoms with Gasteiger partial charge >= 0.3 is 7.60 Å². The highest BCUT2D eigenvalue weighted by atomic mass is 35.5. The Balaban J connectivity index is 1.76. The Morgan fingerprint density at radius 2 is 1.69 bits per heavy atom. The standard InChI is InChI=1S/C20H13Cl3NO4P/c1-29(26,27-14-4-2-3-12(21)8-14)28-18-10-16(23)19-15(20(18)25)7-11-5-6-13(22)9-17(11)24-19/h2-10,24H,1H3. The lowest BCUT2D eigenvalue weighted by Gasteiger charge is -2.18. The van der Waals surface area contributed by atoms with Crippen molar-refractivity contribution in [3.05, 3.63) is 79.9 Å². The van der Waals surface area contributed by atoms with Crippen LogP contribution < -0.4 is 14.5 Å². The molecule has 1 heterocycles. The molecule has 1 atom stereocenters. The van der Waals surface area contributed by atoms with Crippen LogP contribution in [0.5, 0.6) is 11.5 Å². The summed E-state index contributed by atoms with van der Waals surface area (Å²) in [5.41, 5.74) is 0.991. The quantitative estimate of drug-likeness (QED) is 0.262. The molecule has 9 heteroatoms. The van der Waals surface area contributed by atoms with Gasteiger partial charge in [-0.25, -0.2) is 4.57 Å². The largest absolute Gasteiger partial charge is 0.427 e. The van der Waals surface area contributed by atoms with E-state index in [1.807, 2.05) is 0 Å². The number of pyridine rings is 1. The van der Waals surface area contributed by atoms with E-state index in [4.69, 9.17) is 43.9 Å². The summed E-state index contributed by atoms with van der Waals surface area (Å²) in [5, 5.41) is 1.97. The lowest BCUT2D eigenvalue weighted by atomic mass is 10.1. The number of aromatic amines is 1. The Kier molecular flexibility index (Phi) is 5.26. The van der Waals surface area contributed by atoms with E-state index in [1.54, 1.807) is 42.5 Å². The number of hydrogen-bond acceptors (Lipinski definition) is 4. The van der Waals surface area contributed by atoms with Crippen molar-refractivity contribution in [2.45, 2.75) is 0 Å². The Bertz CT molecular complexity index is 1320. The molecule has 4 rings (SSSR count). The second-order valence-electron chi connectivity index (χ2n) is 6.39. The molecule has 0 spiro atoms. The van der Waals surface area contributed by atoms with Crippen LogP contribution in [0.3, 0.4) is 0 Å². The predicted molar refractivity (Wildman–Crippen MR) is 117 cm³/mol. The van der Waals surface area contributed by atoms with Crippen LogP contribution in [0.15, 0.2) is 59.4 Å². The van der Waals surface area contributed by atoms with E-state index in [0.717, 1.165) is 10.9 Å². The van der Waals surface area contributed by atoms with E-state index in [-0.39, 0.29) is 16.5 Å². The first-order valence-corrected chi connectivity index (χ1v) is 11.5. The van der Waals surface area contributed by atoms with Crippen LogP contribution in [0.1, 0.15) is 0 Å². The molecule has 148 valence electrons. The fourth-order valence-electron chi connectivity index (χ4n) is 2.93. The summed E-state index contributed by atoms with van der Waals surface area (Å²) in [4.78, 5) is 16.1. The summed E-state index contributed by atoms with van der Waals surface area (Å²) >= 11 is 18.3. The van der Waals surface area contributed by atoms with Gasteiger partial charge in [-0.1, -0.05) is 46.9 Å². The summed E-state index contributed by atoms with van der Waals surface area (Å²) in [7, 11) is -3.68. The van der Waals surface area contributed by atoms with E-state index in [2.05, 4.69) is 4.98 Å². The van der Waals surface area contributed by atoms with Crippen molar-refractivity contribution in [1.29, 1.82) is 0 Å². The molecule has 0 fully saturated rings.